The molecule has 0 unspecified atom stereocenters. The number of rotatable bonds is 9. The van der Waals surface area contributed by atoms with Crippen LogP contribution in [0.3, 0.4) is 0 Å². The molecule has 0 spiro atoms. The van der Waals surface area contributed by atoms with Crippen molar-refractivity contribution < 1.29 is 41.1 Å². The SMILES string of the molecule is CC(C)(C)OC(=O)N1C[C@H](COS(C)(=O)=O)OC[C@@H]1Cc1ccc(Cl)cc1.CC(C)(C)OC(=O)N1C[C@H](Cn2cc(C#N)cn2)OC[C@@H]1Cc1ccc(Cl)cc1.N#Cc1cn[nH]c1. The number of hydrogen-bond acceptors (Lipinski definition) is 13. The molecule has 2 saturated heterocycles. The molecule has 0 bridgehead atoms. The number of ether oxygens (including phenoxy) is 4. The Labute approximate surface area is 378 Å². The Morgan fingerprint density at radius 1 is 0.794 bits per heavy atom. The van der Waals surface area contributed by atoms with Crippen molar-refractivity contribution in [2.24, 2.45) is 0 Å². The van der Waals surface area contributed by atoms with Gasteiger partial charge in [0, 0.05) is 22.4 Å². The van der Waals surface area contributed by atoms with E-state index < -0.39 is 33.5 Å². The summed E-state index contributed by atoms with van der Waals surface area (Å²) in [6.07, 6.45) is 6.77. The number of morpholine rings is 2. The number of aromatic amines is 1. The molecule has 2 aliphatic rings. The number of nitrogens with one attached hydrogen (secondary N) is 1. The normalized spacial score (nSPS) is 19.0. The van der Waals surface area contributed by atoms with Gasteiger partial charge >= 0.3 is 12.2 Å². The number of amides is 2. The first kappa shape index (κ1) is 50.4. The number of aromatic nitrogens is 4. The lowest BCUT2D eigenvalue weighted by Crippen LogP contribution is -2.55. The summed E-state index contributed by atoms with van der Waals surface area (Å²) in [6.45, 7) is 12.5. The number of nitrogens with zero attached hydrogens (tertiary/aromatic N) is 7. The second-order valence-corrected chi connectivity index (χ2v) is 19.3. The summed E-state index contributed by atoms with van der Waals surface area (Å²) in [7, 11) is -3.58. The maximum atomic E-state index is 12.9. The molecule has 4 aromatic rings. The van der Waals surface area contributed by atoms with Crippen LogP contribution in [0.25, 0.3) is 0 Å². The molecule has 4 heterocycles. The van der Waals surface area contributed by atoms with E-state index in [0.717, 1.165) is 17.4 Å². The van der Waals surface area contributed by atoms with E-state index >= 15 is 0 Å². The summed E-state index contributed by atoms with van der Waals surface area (Å²) >= 11 is 11.9. The molecule has 6 rings (SSSR count). The Hall–Kier alpha value is -5.21. The van der Waals surface area contributed by atoms with Crippen LogP contribution >= 0.6 is 23.2 Å². The van der Waals surface area contributed by atoms with Crippen LogP contribution in [-0.2, 0) is 52.6 Å². The predicted octanol–water partition coefficient (Wildman–Crippen LogP) is 6.80. The van der Waals surface area contributed by atoms with Crippen LogP contribution in [0, 0.1) is 22.7 Å². The molecule has 340 valence electrons. The van der Waals surface area contributed by atoms with Crippen molar-refractivity contribution in [2.75, 3.05) is 39.2 Å². The zero-order valence-corrected chi connectivity index (χ0v) is 38.7. The van der Waals surface area contributed by atoms with Crippen molar-refractivity contribution in [1.82, 2.24) is 29.8 Å². The number of halogens is 2. The fraction of sp³-hybridized carbons (Fsp3) is 0.488. The number of carbonyl (C=O) groups is 2. The van der Waals surface area contributed by atoms with E-state index in [4.69, 9.17) is 56.9 Å². The quantitative estimate of drug-likeness (QED) is 0.171. The third-order valence-corrected chi connectivity index (χ3v) is 10.1. The van der Waals surface area contributed by atoms with Gasteiger partial charge < -0.3 is 18.9 Å². The van der Waals surface area contributed by atoms with Gasteiger partial charge in [0.05, 0.1) is 87.4 Å². The Morgan fingerprint density at radius 2 is 1.27 bits per heavy atom. The molecule has 63 heavy (non-hydrogen) atoms. The predicted molar refractivity (Wildman–Crippen MR) is 234 cm³/mol. The summed E-state index contributed by atoms with van der Waals surface area (Å²) in [5.41, 5.74) is 1.91. The highest BCUT2D eigenvalue weighted by atomic mass is 35.5. The van der Waals surface area contributed by atoms with E-state index in [0.29, 0.717) is 53.7 Å². The lowest BCUT2D eigenvalue weighted by molar-refractivity contribution is -0.0805. The first-order chi connectivity index (χ1) is 29.6. The second-order valence-electron chi connectivity index (χ2n) is 16.8. The number of hydrogen-bond donors (Lipinski definition) is 1. The van der Waals surface area contributed by atoms with Crippen LogP contribution < -0.4 is 0 Å². The summed E-state index contributed by atoms with van der Waals surface area (Å²) in [5, 5.41) is 28.6. The van der Waals surface area contributed by atoms with Gasteiger partial charge in [0.1, 0.15) is 29.4 Å². The van der Waals surface area contributed by atoms with Gasteiger partial charge in [-0.3, -0.25) is 23.8 Å². The first-order valence-electron chi connectivity index (χ1n) is 20.0. The van der Waals surface area contributed by atoms with Gasteiger partial charge in [-0.25, -0.2) is 9.59 Å². The van der Waals surface area contributed by atoms with E-state index in [1.165, 1.54) is 12.4 Å². The molecule has 17 nitrogen and oxygen atoms in total. The minimum absolute atomic E-state index is 0.144. The van der Waals surface area contributed by atoms with E-state index in [1.807, 2.05) is 63.2 Å². The van der Waals surface area contributed by atoms with Gasteiger partial charge in [0.2, 0.25) is 0 Å². The Balaban J connectivity index is 0.000000240. The summed E-state index contributed by atoms with van der Waals surface area (Å²) in [4.78, 5) is 28.9. The van der Waals surface area contributed by atoms with Crippen LogP contribution in [0.5, 0.6) is 0 Å². The standard InChI is InChI=1S/C21H25ClN4O3.C18H26ClNO6S.C4H3N3/c1-21(2,3)29-20(27)26-13-19(12-25-11-16(9-23)10-24-25)28-14-18(26)8-15-4-6-17(22)7-5-15;1-18(2,3)26-17(21)20-10-16(12-25-27(4,22)23)24-11-15(20)9-13-5-7-14(19)8-6-13;5-1-4-2-6-7-3-4/h4-7,10-11,18-19H,8,12-14H2,1-3H3;5-8,15-16H,9-12H2,1-4H3;2-3H,(H,6,7)/t18-,19-;15-,16+;/m00./s1. The van der Waals surface area contributed by atoms with E-state index in [2.05, 4.69) is 21.4 Å². The zero-order chi connectivity index (χ0) is 46.4. The molecule has 20 heteroatoms. The van der Waals surface area contributed by atoms with Crippen molar-refractivity contribution in [3.8, 4) is 12.1 Å². The molecule has 2 aliphatic heterocycles. The molecular weight excluding hydrogens is 875 g/mol. The van der Waals surface area contributed by atoms with Gasteiger partial charge in [-0.2, -0.15) is 29.1 Å². The fourth-order valence-electron chi connectivity index (χ4n) is 6.18. The Kier molecular flexibility index (Phi) is 18.4. The molecular formula is C43H54Cl2N8O9S. The van der Waals surface area contributed by atoms with Crippen LogP contribution in [0.4, 0.5) is 9.59 Å². The summed E-state index contributed by atoms with van der Waals surface area (Å²) in [5.74, 6) is 0. The van der Waals surface area contributed by atoms with Crippen molar-refractivity contribution in [3.05, 3.63) is 106 Å². The average Bonchev–Trinajstić information content (AvgIpc) is 3.91. The maximum Gasteiger partial charge on any atom is 0.410 e. The highest BCUT2D eigenvalue weighted by molar-refractivity contribution is 7.85. The van der Waals surface area contributed by atoms with Crippen LogP contribution in [0.2, 0.25) is 10.0 Å². The Morgan fingerprint density at radius 3 is 1.67 bits per heavy atom. The molecule has 2 fully saturated rings. The van der Waals surface area contributed by atoms with E-state index in [-0.39, 0.29) is 44.0 Å². The van der Waals surface area contributed by atoms with Gasteiger partial charge in [0.15, 0.2) is 0 Å². The molecule has 0 radical (unpaired) electrons. The number of carbonyl (C=O) groups excluding carboxylic acids is 2. The molecule has 1 N–H and O–H groups in total. The lowest BCUT2D eigenvalue weighted by Gasteiger charge is -2.40. The lowest BCUT2D eigenvalue weighted by atomic mass is 10.0. The van der Waals surface area contributed by atoms with Crippen molar-refractivity contribution in [2.45, 2.75) is 96.4 Å². The minimum Gasteiger partial charge on any atom is -0.444 e. The average molecular weight is 930 g/mol. The highest BCUT2D eigenvalue weighted by Crippen LogP contribution is 2.24. The third kappa shape index (κ3) is 18.2. The van der Waals surface area contributed by atoms with Gasteiger partial charge in [0.25, 0.3) is 10.1 Å². The summed E-state index contributed by atoms with van der Waals surface area (Å²) in [6, 6.07) is 18.6. The van der Waals surface area contributed by atoms with Crippen LogP contribution in [-0.4, -0.2) is 125 Å². The van der Waals surface area contributed by atoms with Gasteiger partial charge in [-0.05, 0) is 89.8 Å². The largest absolute Gasteiger partial charge is 0.444 e. The molecule has 0 aliphatic carbocycles. The molecule has 4 atom stereocenters. The first-order valence-corrected chi connectivity index (χ1v) is 22.5. The number of benzene rings is 2. The van der Waals surface area contributed by atoms with Crippen molar-refractivity contribution in [1.29, 1.82) is 10.5 Å². The van der Waals surface area contributed by atoms with Gasteiger partial charge in [-0.15, -0.1) is 0 Å². The zero-order valence-electron chi connectivity index (χ0n) is 36.4. The molecule has 2 amide bonds. The van der Waals surface area contributed by atoms with Crippen LogP contribution in [0.1, 0.15) is 63.8 Å². The van der Waals surface area contributed by atoms with Gasteiger partial charge in [-0.1, -0.05) is 47.5 Å². The van der Waals surface area contributed by atoms with E-state index in [1.54, 1.807) is 59.8 Å². The van der Waals surface area contributed by atoms with E-state index in [9.17, 15) is 18.0 Å². The monoisotopic (exact) mass is 928 g/mol. The third-order valence-electron chi connectivity index (χ3n) is 9.00. The molecule has 2 aromatic carbocycles. The highest BCUT2D eigenvalue weighted by Gasteiger charge is 2.37. The minimum atomic E-state index is -3.58. The molecule has 0 saturated carbocycles. The summed E-state index contributed by atoms with van der Waals surface area (Å²) < 4.78 is 51.8. The number of H-pyrrole nitrogens is 1. The maximum absolute atomic E-state index is 12.9. The fourth-order valence-corrected chi connectivity index (χ4v) is 6.83. The van der Waals surface area contributed by atoms with Crippen LogP contribution in [0.15, 0.2) is 73.3 Å². The van der Waals surface area contributed by atoms with Crippen molar-refractivity contribution >= 4 is 45.5 Å². The topological polar surface area (TPSA) is 215 Å². The Bertz CT molecular complexity index is 2270. The second kappa shape index (κ2) is 22.9. The van der Waals surface area contributed by atoms with Crippen molar-refractivity contribution in [3.63, 3.8) is 0 Å². The molecule has 2 aromatic heterocycles. The number of nitriles is 2. The smallest absolute Gasteiger partial charge is 0.410 e.